The van der Waals surface area contributed by atoms with Crippen LogP contribution in [0.3, 0.4) is 0 Å². The average molecular weight is 294 g/mol. The Bertz CT molecular complexity index is 631. The summed E-state index contributed by atoms with van der Waals surface area (Å²) in [6, 6.07) is 18.4. The van der Waals surface area contributed by atoms with E-state index < -0.39 is 0 Å². The van der Waals surface area contributed by atoms with E-state index in [0.29, 0.717) is 6.42 Å². The first-order chi connectivity index (χ1) is 10.7. The number of hydrogen-bond acceptors (Lipinski definition) is 2. The molecule has 1 fully saturated rings. The molecule has 0 spiro atoms. The number of carbonyl (C=O) groups excluding carboxylic acids is 1. The van der Waals surface area contributed by atoms with E-state index in [1.165, 1.54) is 11.3 Å². The Morgan fingerprint density at radius 2 is 1.55 bits per heavy atom. The van der Waals surface area contributed by atoms with Crippen molar-refractivity contribution in [3.8, 4) is 0 Å². The lowest BCUT2D eigenvalue weighted by molar-refractivity contribution is -0.130. The normalized spacial score (nSPS) is 15.0. The topological polar surface area (TPSA) is 23.6 Å². The van der Waals surface area contributed by atoms with E-state index in [2.05, 4.69) is 36.1 Å². The number of para-hydroxylation sites is 1. The second kappa shape index (κ2) is 6.65. The first kappa shape index (κ1) is 14.6. The van der Waals surface area contributed by atoms with Gasteiger partial charge in [-0.1, -0.05) is 48.5 Å². The van der Waals surface area contributed by atoms with Crippen LogP contribution in [0.5, 0.6) is 0 Å². The van der Waals surface area contributed by atoms with E-state index in [9.17, 15) is 4.79 Å². The maximum absolute atomic E-state index is 12.4. The van der Waals surface area contributed by atoms with Crippen LogP contribution in [0, 0.1) is 6.92 Å². The largest absolute Gasteiger partial charge is 0.368 e. The standard InChI is InChI=1S/C19H22N2O/c1-16-7-5-6-10-18(16)20-11-13-21(14-12-20)19(22)15-17-8-3-2-4-9-17/h2-10H,11-15H2,1H3. The highest BCUT2D eigenvalue weighted by Crippen LogP contribution is 2.21. The predicted octanol–water partition coefficient (Wildman–Crippen LogP) is 2.89. The Morgan fingerprint density at radius 3 is 2.23 bits per heavy atom. The number of aryl methyl sites for hydroxylation is 1. The SMILES string of the molecule is Cc1ccccc1N1CCN(C(=O)Cc2ccccc2)CC1. The lowest BCUT2D eigenvalue weighted by Crippen LogP contribution is -2.49. The van der Waals surface area contributed by atoms with Crippen molar-refractivity contribution in [1.82, 2.24) is 4.90 Å². The molecule has 1 aliphatic heterocycles. The van der Waals surface area contributed by atoms with Gasteiger partial charge in [-0.3, -0.25) is 4.79 Å². The van der Waals surface area contributed by atoms with Gasteiger partial charge in [-0.25, -0.2) is 0 Å². The highest BCUT2D eigenvalue weighted by atomic mass is 16.2. The number of hydrogen-bond donors (Lipinski definition) is 0. The minimum Gasteiger partial charge on any atom is -0.368 e. The van der Waals surface area contributed by atoms with E-state index in [-0.39, 0.29) is 5.91 Å². The van der Waals surface area contributed by atoms with Crippen molar-refractivity contribution in [2.45, 2.75) is 13.3 Å². The summed E-state index contributed by atoms with van der Waals surface area (Å²) >= 11 is 0. The molecule has 0 atom stereocenters. The summed E-state index contributed by atoms with van der Waals surface area (Å²) in [4.78, 5) is 16.7. The van der Waals surface area contributed by atoms with Crippen LogP contribution in [0.4, 0.5) is 5.69 Å². The van der Waals surface area contributed by atoms with Gasteiger partial charge in [-0.05, 0) is 24.1 Å². The fourth-order valence-corrected chi connectivity index (χ4v) is 3.00. The lowest BCUT2D eigenvalue weighted by Gasteiger charge is -2.37. The Balaban J connectivity index is 1.58. The Kier molecular flexibility index (Phi) is 4.42. The molecule has 114 valence electrons. The summed E-state index contributed by atoms with van der Waals surface area (Å²) in [6.07, 6.45) is 0.505. The second-order valence-corrected chi connectivity index (χ2v) is 5.82. The first-order valence-electron chi connectivity index (χ1n) is 7.86. The van der Waals surface area contributed by atoms with Crippen molar-refractivity contribution in [1.29, 1.82) is 0 Å². The molecule has 0 unspecified atom stereocenters. The van der Waals surface area contributed by atoms with Gasteiger partial charge in [0.1, 0.15) is 0 Å². The number of anilines is 1. The molecule has 1 amide bonds. The molecular weight excluding hydrogens is 272 g/mol. The molecule has 0 bridgehead atoms. The number of rotatable bonds is 3. The van der Waals surface area contributed by atoms with E-state index in [0.717, 1.165) is 31.7 Å². The quantitative estimate of drug-likeness (QED) is 0.869. The van der Waals surface area contributed by atoms with Gasteiger partial charge in [0.05, 0.1) is 6.42 Å². The Labute approximate surface area is 132 Å². The average Bonchev–Trinajstić information content (AvgIpc) is 2.56. The molecule has 2 aromatic rings. The van der Waals surface area contributed by atoms with Gasteiger partial charge < -0.3 is 9.80 Å². The molecule has 3 rings (SSSR count). The molecule has 0 radical (unpaired) electrons. The highest BCUT2D eigenvalue weighted by molar-refractivity contribution is 5.79. The monoisotopic (exact) mass is 294 g/mol. The van der Waals surface area contributed by atoms with Crippen molar-refractivity contribution >= 4 is 11.6 Å². The van der Waals surface area contributed by atoms with Crippen LogP contribution in [0.2, 0.25) is 0 Å². The van der Waals surface area contributed by atoms with Crippen LogP contribution in [0.15, 0.2) is 54.6 Å². The molecule has 3 heteroatoms. The minimum absolute atomic E-state index is 0.232. The van der Waals surface area contributed by atoms with Crippen molar-refractivity contribution < 1.29 is 4.79 Å². The van der Waals surface area contributed by atoms with Crippen LogP contribution in [0.25, 0.3) is 0 Å². The molecule has 1 saturated heterocycles. The zero-order valence-corrected chi connectivity index (χ0v) is 13.0. The van der Waals surface area contributed by atoms with E-state index in [1.54, 1.807) is 0 Å². The van der Waals surface area contributed by atoms with Gasteiger partial charge in [0.15, 0.2) is 0 Å². The third-order valence-corrected chi connectivity index (χ3v) is 4.29. The van der Waals surface area contributed by atoms with Gasteiger partial charge >= 0.3 is 0 Å². The Hall–Kier alpha value is -2.29. The number of carbonyl (C=O) groups is 1. The fraction of sp³-hybridized carbons (Fsp3) is 0.316. The molecule has 0 N–H and O–H groups in total. The number of amides is 1. The van der Waals surface area contributed by atoms with Crippen molar-refractivity contribution in [2.24, 2.45) is 0 Å². The van der Waals surface area contributed by atoms with Crippen LogP contribution >= 0.6 is 0 Å². The molecule has 1 heterocycles. The summed E-state index contributed by atoms with van der Waals surface area (Å²) < 4.78 is 0. The summed E-state index contributed by atoms with van der Waals surface area (Å²) in [5.74, 6) is 0.232. The van der Waals surface area contributed by atoms with Gasteiger partial charge in [-0.15, -0.1) is 0 Å². The lowest BCUT2D eigenvalue weighted by atomic mass is 10.1. The third-order valence-electron chi connectivity index (χ3n) is 4.29. The zero-order valence-electron chi connectivity index (χ0n) is 13.0. The van der Waals surface area contributed by atoms with Crippen molar-refractivity contribution in [2.75, 3.05) is 31.1 Å². The van der Waals surface area contributed by atoms with Crippen LogP contribution in [0.1, 0.15) is 11.1 Å². The maximum Gasteiger partial charge on any atom is 0.227 e. The molecule has 0 saturated carbocycles. The predicted molar refractivity (Wildman–Crippen MR) is 90.1 cm³/mol. The summed E-state index contributed by atoms with van der Waals surface area (Å²) in [6.45, 7) is 5.57. The molecule has 2 aromatic carbocycles. The molecule has 0 aliphatic carbocycles. The van der Waals surface area contributed by atoms with Crippen LogP contribution < -0.4 is 4.90 Å². The third kappa shape index (κ3) is 3.30. The molecule has 0 aromatic heterocycles. The Morgan fingerprint density at radius 1 is 0.909 bits per heavy atom. The molecule has 22 heavy (non-hydrogen) atoms. The molecular formula is C19H22N2O. The number of nitrogens with zero attached hydrogens (tertiary/aromatic N) is 2. The summed E-state index contributed by atoms with van der Waals surface area (Å²) in [7, 11) is 0. The molecule has 3 nitrogen and oxygen atoms in total. The van der Waals surface area contributed by atoms with E-state index in [4.69, 9.17) is 0 Å². The van der Waals surface area contributed by atoms with Crippen molar-refractivity contribution in [3.05, 3.63) is 65.7 Å². The molecule has 1 aliphatic rings. The summed E-state index contributed by atoms with van der Waals surface area (Å²) in [5, 5.41) is 0. The first-order valence-corrected chi connectivity index (χ1v) is 7.86. The van der Waals surface area contributed by atoms with E-state index in [1.807, 2.05) is 35.2 Å². The summed E-state index contributed by atoms with van der Waals surface area (Å²) in [5.41, 5.74) is 3.68. The van der Waals surface area contributed by atoms with Gasteiger partial charge in [0.2, 0.25) is 5.91 Å². The maximum atomic E-state index is 12.4. The van der Waals surface area contributed by atoms with Gasteiger partial charge in [0, 0.05) is 31.9 Å². The van der Waals surface area contributed by atoms with Gasteiger partial charge in [0.25, 0.3) is 0 Å². The minimum atomic E-state index is 0.232. The number of benzene rings is 2. The van der Waals surface area contributed by atoms with Crippen molar-refractivity contribution in [3.63, 3.8) is 0 Å². The zero-order chi connectivity index (χ0) is 15.4. The fourth-order valence-electron chi connectivity index (χ4n) is 3.00. The highest BCUT2D eigenvalue weighted by Gasteiger charge is 2.21. The van der Waals surface area contributed by atoms with Gasteiger partial charge in [-0.2, -0.15) is 0 Å². The van der Waals surface area contributed by atoms with Crippen LogP contribution in [-0.2, 0) is 11.2 Å². The second-order valence-electron chi connectivity index (χ2n) is 5.82. The van der Waals surface area contributed by atoms with E-state index >= 15 is 0 Å². The smallest absolute Gasteiger partial charge is 0.227 e. The van der Waals surface area contributed by atoms with Crippen LogP contribution in [-0.4, -0.2) is 37.0 Å². The number of piperazine rings is 1.